The van der Waals surface area contributed by atoms with E-state index < -0.39 is 5.54 Å². The summed E-state index contributed by atoms with van der Waals surface area (Å²) in [5.41, 5.74) is 3.02. The fourth-order valence-electron chi connectivity index (χ4n) is 5.39. The second kappa shape index (κ2) is 9.08. The summed E-state index contributed by atoms with van der Waals surface area (Å²) in [4.78, 5) is 27.4. The number of urea groups is 1. The Morgan fingerprint density at radius 2 is 1.88 bits per heavy atom. The highest BCUT2D eigenvalue weighted by atomic mass is 16.4. The first kappa shape index (κ1) is 23.1. The topological polar surface area (TPSA) is 67.5 Å². The van der Waals surface area contributed by atoms with Crippen LogP contribution in [0.2, 0.25) is 0 Å². The molecule has 1 unspecified atom stereocenters. The first-order chi connectivity index (χ1) is 15.7. The lowest BCUT2D eigenvalue weighted by Crippen LogP contribution is -2.55. The number of aromatic nitrogens is 1. The summed E-state index contributed by atoms with van der Waals surface area (Å²) in [6.45, 7) is 7.93. The van der Waals surface area contributed by atoms with Crippen LogP contribution < -0.4 is 11.1 Å². The van der Waals surface area contributed by atoms with Gasteiger partial charge in [0.15, 0.2) is 5.58 Å². The van der Waals surface area contributed by atoms with Gasteiger partial charge >= 0.3 is 11.8 Å². The minimum Gasteiger partial charge on any atom is -0.408 e. The van der Waals surface area contributed by atoms with Crippen molar-refractivity contribution >= 4 is 17.1 Å². The molecule has 0 spiro atoms. The predicted molar refractivity (Wildman–Crippen MR) is 131 cm³/mol. The summed E-state index contributed by atoms with van der Waals surface area (Å²) in [7, 11) is 1.71. The van der Waals surface area contributed by atoms with Gasteiger partial charge in [-0.2, -0.15) is 0 Å². The first-order valence-corrected chi connectivity index (χ1v) is 11.9. The standard InChI is InChI=1S/C27H35N3O3/c1-26(2,3)27(21-14-15-22-23(19-21)33-25(32)29(22)4)16-10-18-30(27)24(31)28-17-9-8-13-20-11-6-5-7-12-20/h5-7,11-12,14-15,19H,8-10,13,16-18H2,1-4H3,(H,28,31). The Balaban J connectivity index is 1.50. The van der Waals surface area contributed by atoms with Gasteiger partial charge in [0.05, 0.1) is 11.1 Å². The second-order valence-corrected chi connectivity index (χ2v) is 10.1. The fourth-order valence-corrected chi connectivity index (χ4v) is 5.39. The molecule has 6 nitrogen and oxygen atoms in total. The number of hydrogen-bond donors (Lipinski definition) is 1. The Morgan fingerprint density at radius 3 is 2.61 bits per heavy atom. The van der Waals surface area contributed by atoms with Crippen LogP contribution in [-0.4, -0.2) is 28.6 Å². The number of nitrogens with zero attached hydrogens (tertiary/aromatic N) is 2. The van der Waals surface area contributed by atoms with Crippen LogP contribution in [-0.2, 0) is 19.0 Å². The van der Waals surface area contributed by atoms with Crippen molar-refractivity contribution in [2.45, 2.75) is 58.4 Å². The van der Waals surface area contributed by atoms with Gasteiger partial charge in [0.25, 0.3) is 0 Å². The van der Waals surface area contributed by atoms with Gasteiger partial charge in [-0.3, -0.25) is 4.57 Å². The van der Waals surface area contributed by atoms with E-state index in [9.17, 15) is 9.59 Å². The summed E-state index contributed by atoms with van der Waals surface area (Å²) < 4.78 is 6.98. The minimum atomic E-state index is -0.469. The van der Waals surface area contributed by atoms with Crippen LogP contribution in [0.5, 0.6) is 0 Å². The van der Waals surface area contributed by atoms with Crippen LogP contribution in [0, 0.1) is 5.41 Å². The minimum absolute atomic E-state index is 0.0169. The van der Waals surface area contributed by atoms with Gasteiger partial charge < -0.3 is 14.6 Å². The van der Waals surface area contributed by atoms with E-state index >= 15 is 0 Å². The Labute approximate surface area is 195 Å². The lowest BCUT2D eigenvalue weighted by atomic mass is 9.67. The molecule has 1 N–H and O–H groups in total. The van der Waals surface area contributed by atoms with Gasteiger partial charge in [0, 0.05) is 20.1 Å². The third-order valence-corrected chi connectivity index (χ3v) is 7.15. The van der Waals surface area contributed by atoms with Crippen molar-refractivity contribution in [3.05, 3.63) is 70.2 Å². The SMILES string of the molecule is Cn1c(=O)oc2cc(C3(C(C)(C)C)CCCN3C(=O)NCCCCc3ccccc3)ccc21. The van der Waals surface area contributed by atoms with Crippen LogP contribution >= 0.6 is 0 Å². The highest BCUT2D eigenvalue weighted by Gasteiger charge is 2.52. The molecule has 0 aliphatic carbocycles. The molecule has 2 aromatic carbocycles. The number of carbonyl (C=O) groups excluding carboxylic acids is 1. The Hall–Kier alpha value is -3.02. The number of unbranched alkanes of at least 4 members (excludes halogenated alkanes) is 1. The zero-order valence-corrected chi connectivity index (χ0v) is 20.2. The summed E-state index contributed by atoms with van der Waals surface area (Å²) in [5, 5.41) is 3.17. The Bertz CT molecular complexity index is 1170. The van der Waals surface area contributed by atoms with Crippen molar-refractivity contribution in [3.8, 4) is 0 Å². The van der Waals surface area contributed by atoms with Crippen molar-refractivity contribution in [1.29, 1.82) is 0 Å². The number of hydrogen-bond acceptors (Lipinski definition) is 3. The van der Waals surface area contributed by atoms with Crippen LogP contribution in [0.4, 0.5) is 4.79 Å². The molecule has 1 aliphatic heterocycles. The molecule has 0 radical (unpaired) electrons. The summed E-state index contributed by atoms with van der Waals surface area (Å²) >= 11 is 0. The number of amides is 2. The molecule has 176 valence electrons. The van der Waals surface area contributed by atoms with Crippen molar-refractivity contribution < 1.29 is 9.21 Å². The molecule has 4 rings (SSSR count). The molecule has 33 heavy (non-hydrogen) atoms. The van der Waals surface area contributed by atoms with Gasteiger partial charge in [0.1, 0.15) is 0 Å². The maximum atomic E-state index is 13.4. The number of oxazole rings is 1. The summed E-state index contributed by atoms with van der Waals surface area (Å²) in [6.07, 6.45) is 4.82. The quantitative estimate of drug-likeness (QED) is 0.526. The number of fused-ring (bicyclic) bond motifs is 1. The van der Waals surface area contributed by atoms with E-state index in [1.165, 1.54) is 10.1 Å². The molecule has 1 fully saturated rings. The van der Waals surface area contributed by atoms with Crippen molar-refractivity contribution in [3.63, 3.8) is 0 Å². The van der Waals surface area contributed by atoms with Crippen molar-refractivity contribution in [2.75, 3.05) is 13.1 Å². The number of benzene rings is 2. The smallest absolute Gasteiger partial charge is 0.408 e. The van der Waals surface area contributed by atoms with Crippen LogP contribution in [0.1, 0.15) is 57.6 Å². The Kier molecular flexibility index (Phi) is 6.37. The highest BCUT2D eigenvalue weighted by molar-refractivity contribution is 5.78. The van der Waals surface area contributed by atoms with E-state index in [2.05, 4.69) is 50.4 Å². The van der Waals surface area contributed by atoms with Crippen LogP contribution in [0.25, 0.3) is 11.1 Å². The highest BCUT2D eigenvalue weighted by Crippen LogP contribution is 2.51. The maximum absolute atomic E-state index is 13.4. The first-order valence-electron chi connectivity index (χ1n) is 11.9. The van der Waals surface area contributed by atoms with E-state index in [1.807, 2.05) is 29.2 Å². The van der Waals surface area contributed by atoms with Gasteiger partial charge in [0.2, 0.25) is 0 Å². The number of carbonyl (C=O) groups is 1. The maximum Gasteiger partial charge on any atom is 0.419 e. The lowest BCUT2D eigenvalue weighted by molar-refractivity contribution is 0.0489. The molecule has 2 heterocycles. The van der Waals surface area contributed by atoms with E-state index in [4.69, 9.17) is 4.42 Å². The average Bonchev–Trinajstić information content (AvgIpc) is 3.36. The molecule has 6 heteroatoms. The Morgan fingerprint density at radius 1 is 1.12 bits per heavy atom. The molecule has 2 amide bonds. The van der Waals surface area contributed by atoms with Gasteiger partial charge in [-0.15, -0.1) is 0 Å². The summed E-state index contributed by atoms with van der Waals surface area (Å²) in [6, 6.07) is 16.4. The van der Waals surface area contributed by atoms with E-state index in [1.54, 1.807) is 7.05 Å². The normalized spacial score (nSPS) is 18.7. The molecular formula is C27H35N3O3. The second-order valence-electron chi connectivity index (χ2n) is 10.1. The molecule has 0 saturated carbocycles. The lowest BCUT2D eigenvalue weighted by Gasteiger charge is -2.48. The van der Waals surface area contributed by atoms with Crippen molar-refractivity contribution in [1.82, 2.24) is 14.8 Å². The molecule has 3 aromatic rings. The van der Waals surface area contributed by atoms with E-state index in [0.717, 1.165) is 43.2 Å². The van der Waals surface area contributed by atoms with Crippen molar-refractivity contribution in [2.24, 2.45) is 12.5 Å². The zero-order chi connectivity index (χ0) is 23.6. The monoisotopic (exact) mass is 449 g/mol. The number of rotatable bonds is 6. The zero-order valence-electron chi connectivity index (χ0n) is 20.2. The number of likely N-dealkylation sites (tertiary alicyclic amines) is 1. The van der Waals surface area contributed by atoms with E-state index in [-0.39, 0.29) is 17.2 Å². The third-order valence-electron chi connectivity index (χ3n) is 7.15. The molecule has 1 atom stereocenters. The van der Waals surface area contributed by atoms with Gasteiger partial charge in [-0.1, -0.05) is 57.2 Å². The van der Waals surface area contributed by atoms with Gasteiger partial charge in [-0.05, 0) is 60.8 Å². The number of nitrogens with one attached hydrogen (secondary N) is 1. The average molecular weight is 450 g/mol. The molecule has 1 saturated heterocycles. The van der Waals surface area contributed by atoms with Gasteiger partial charge in [-0.25, -0.2) is 9.59 Å². The van der Waals surface area contributed by atoms with E-state index in [0.29, 0.717) is 18.7 Å². The largest absolute Gasteiger partial charge is 0.419 e. The molecule has 0 bridgehead atoms. The third kappa shape index (κ3) is 4.31. The summed E-state index contributed by atoms with van der Waals surface area (Å²) in [5.74, 6) is -0.372. The molecule has 1 aliphatic rings. The number of aryl methyl sites for hydroxylation is 2. The van der Waals surface area contributed by atoms with Crippen LogP contribution in [0.15, 0.2) is 57.7 Å². The molecule has 1 aromatic heterocycles. The van der Waals surface area contributed by atoms with Crippen LogP contribution in [0.3, 0.4) is 0 Å². The fraction of sp³-hybridized carbons (Fsp3) is 0.481. The predicted octanol–water partition coefficient (Wildman–Crippen LogP) is 5.20. The molecular weight excluding hydrogens is 414 g/mol.